The molecule has 0 aromatic carbocycles. The zero-order valence-electron chi connectivity index (χ0n) is 15.8. The van der Waals surface area contributed by atoms with Crippen molar-refractivity contribution in [2.45, 2.75) is 45.7 Å². The van der Waals surface area contributed by atoms with Gasteiger partial charge in [0.05, 0.1) is 29.6 Å². The third-order valence-electron chi connectivity index (χ3n) is 4.83. The lowest BCUT2D eigenvalue weighted by Crippen LogP contribution is -2.39. The number of hydrogen-bond acceptors (Lipinski definition) is 4. The van der Waals surface area contributed by atoms with E-state index in [0.717, 1.165) is 0 Å². The normalized spacial score (nSPS) is 15.6. The second kappa shape index (κ2) is 8.07. The van der Waals surface area contributed by atoms with Crippen molar-refractivity contribution in [3.63, 3.8) is 0 Å². The predicted octanol–water partition coefficient (Wildman–Crippen LogP) is 2.85. The van der Waals surface area contributed by atoms with Crippen LogP contribution in [0.1, 0.15) is 65.6 Å². The molecule has 0 spiro atoms. The van der Waals surface area contributed by atoms with Crippen molar-refractivity contribution >= 4 is 11.9 Å². The Morgan fingerprint density at radius 1 is 1.21 bits per heavy atom. The van der Waals surface area contributed by atoms with E-state index in [1.54, 1.807) is 9.58 Å². The van der Waals surface area contributed by atoms with Crippen LogP contribution in [0.2, 0.25) is 0 Å². The van der Waals surface area contributed by atoms with Crippen LogP contribution in [0.25, 0.3) is 0 Å². The second-order valence-corrected chi connectivity index (χ2v) is 7.36. The number of rotatable bonds is 6. The molecule has 0 aliphatic carbocycles. The fourth-order valence-corrected chi connectivity index (χ4v) is 3.43. The number of carboxylic acid groups (broad SMARTS) is 1. The molecule has 0 saturated carbocycles. The quantitative estimate of drug-likeness (QED) is 0.812. The van der Waals surface area contributed by atoms with E-state index in [0.29, 0.717) is 32.5 Å². The number of nitrogens with zero attached hydrogens (tertiary/aromatic N) is 5. The molecular weight excluding hydrogens is 372 g/mol. The summed E-state index contributed by atoms with van der Waals surface area (Å²) in [5, 5.41) is 17.1. The highest BCUT2D eigenvalue weighted by atomic mass is 19.3. The van der Waals surface area contributed by atoms with Gasteiger partial charge >= 0.3 is 5.97 Å². The number of piperidine rings is 1. The number of amides is 1. The standard InChI is InChI=1S/C18H23F2N5O3/c1-11(2)9-25-15(16(19)20)14(8-22-25)17(26)23-5-3-13(4-6-23)24-10-12(7-21-24)18(27)28/h7-8,10-11,13,16H,3-6,9H2,1-2H3,(H,27,28). The molecule has 2 aromatic rings. The molecule has 1 fully saturated rings. The monoisotopic (exact) mass is 395 g/mol. The molecule has 152 valence electrons. The number of carbonyl (C=O) groups is 2. The van der Waals surface area contributed by atoms with Crippen molar-refractivity contribution in [2.24, 2.45) is 5.92 Å². The molecule has 0 bridgehead atoms. The van der Waals surface area contributed by atoms with Crippen LogP contribution in [0.5, 0.6) is 0 Å². The predicted molar refractivity (Wildman–Crippen MR) is 95.4 cm³/mol. The highest BCUT2D eigenvalue weighted by Gasteiger charge is 2.31. The summed E-state index contributed by atoms with van der Waals surface area (Å²) in [6.07, 6.45) is 2.34. The Bertz CT molecular complexity index is 853. The number of hydrogen-bond donors (Lipinski definition) is 1. The van der Waals surface area contributed by atoms with Crippen LogP contribution in [0, 0.1) is 5.92 Å². The number of aromatic nitrogens is 4. The van der Waals surface area contributed by atoms with E-state index in [2.05, 4.69) is 10.2 Å². The Morgan fingerprint density at radius 2 is 1.89 bits per heavy atom. The maximum atomic E-state index is 13.6. The third-order valence-corrected chi connectivity index (χ3v) is 4.83. The molecule has 1 aliphatic heterocycles. The topological polar surface area (TPSA) is 93.2 Å². The van der Waals surface area contributed by atoms with E-state index in [9.17, 15) is 18.4 Å². The van der Waals surface area contributed by atoms with E-state index in [1.165, 1.54) is 23.3 Å². The van der Waals surface area contributed by atoms with Gasteiger partial charge in [0.1, 0.15) is 5.69 Å². The van der Waals surface area contributed by atoms with Crippen molar-refractivity contribution < 1.29 is 23.5 Å². The summed E-state index contributed by atoms with van der Waals surface area (Å²) in [7, 11) is 0. The minimum atomic E-state index is -2.78. The van der Waals surface area contributed by atoms with Gasteiger partial charge in [0, 0.05) is 25.8 Å². The summed E-state index contributed by atoms with van der Waals surface area (Å²) in [5.41, 5.74) is -0.280. The summed E-state index contributed by atoms with van der Waals surface area (Å²) >= 11 is 0. The van der Waals surface area contributed by atoms with Gasteiger partial charge < -0.3 is 10.0 Å². The zero-order chi connectivity index (χ0) is 20.4. The highest BCUT2D eigenvalue weighted by molar-refractivity contribution is 5.95. The van der Waals surface area contributed by atoms with Gasteiger partial charge in [-0.25, -0.2) is 13.6 Å². The Balaban J connectivity index is 1.69. The van der Waals surface area contributed by atoms with Crippen LogP contribution in [-0.2, 0) is 6.54 Å². The molecule has 8 nitrogen and oxygen atoms in total. The van der Waals surface area contributed by atoms with Crippen molar-refractivity contribution in [2.75, 3.05) is 13.1 Å². The first kappa shape index (κ1) is 20.0. The van der Waals surface area contributed by atoms with E-state index in [1.807, 2.05) is 13.8 Å². The van der Waals surface area contributed by atoms with Crippen molar-refractivity contribution in [1.82, 2.24) is 24.5 Å². The molecule has 2 aromatic heterocycles. The van der Waals surface area contributed by atoms with Gasteiger partial charge in [-0.3, -0.25) is 14.2 Å². The minimum absolute atomic E-state index is 0.0321. The first-order chi connectivity index (χ1) is 13.3. The first-order valence-electron chi connectivity index (χ1n) is 9.18. The lowest BCUT2D eigenvalue weighted by molar-refractivity contribution is 0.0675. The molecule has 3 heterocycles. The van der Waals surface area contributed by atoms with Gasteiger partial charge in [0.25, 0.3) is 12.3 Å². The summed E-state index contributed by atoms with van der Waals surface area (Å²) in [6, 6.07) is -0.0321. The van der Waals surface area contributed by atoms with Crippen molar-refractivity contribution in [3.8, 4) is 0 Å². The van der Waals surface area contributed by atoms with Crippen molar-refractivity contribution in [1.29, 1.82) is 0 Å². The molecule has 1 N–H and O–H groups in total. The fraction of sp³-hybridized carbons (Fsp3) is 0.556. The van der Waals surface area contributed by atoms with Gasteiger partial charge in [0.15, 0.2) is 0 Å². The van der Waals surface area contributed by atoms with Crippen LogP contribution in [0.3, 0.4) is 0 Å². The molecule has 3 rings (SSSR count). The molecule has 0 unspecified atom stereocenters. The van der Waals surface area contributed by atoms with Crippen LogP contribution in [-0.4, -0.2) is 54.5 Å². The number of carbonyl (C=O) groups excluding carboxylic acids is 1. The number of carboxylic acids is 1. The Labute approximate surface area is 160 Å². The van der Waals surface area contributed by atoms with Crippen LogP contribution in [0.4, 0.5) is 8.78 Å². The van der Waals surface area contributed by atoms with Gasteiger partial charge in [-0.05, 0) is 18.8 Å². The van der Waals surface area contributed by atoms with Crippen LogP contribution < -0.4 is 0 Å². The summed E-state index contributed by atoms with van der Waals surface area (Å²) in [6.45, 7) is 4.87. The number of alkyl halides is 2. The Morgan fingerprint density at radius 3 is 2.43 bits per heavy atom. The largest absolute Gasteiger partial charge is 0.478 e. The van der Waals surface area contributed by atoms with Gasteiger partial charge in [-0.1, -0.05) is 13.8 Å². The molecule has 10 heteroatoms. The molecule has 0 radical (unpaired) electrons. The molecule has 0 atom stereocenters. The maximum absolute atomic E-state index is 13.6. The van der Waals surface area contributed by atoms with Crippen molar-refractivity contribution in [3.05, 3.63) is 35.4 Å². The first-order valence-corrected chi connectivity index (χ1v) is 9.18. The SMILES string of the molecule is CC(C)Cn1ncc(C(=O)N2CCC(n3cc(C(=O)O)cn3)CC2)c1C(F)F. The maximum Gasteiger partial charge on any atom is 0.338 e. The van der Waals surface area contributed by atoms with E-state index in [-0.39, 0.29) is 28.8 Å². The highest BCUT2D eigenvalue weighted by Crippen LogP contribution is 2.28. The number of aromatic carboxylic acids is 1. The lowest BCUT2D eigenvalue weighted by Gasteiger charge is -2.32. The average Bonchev–Trinajstić information content (AvgIpc) is 3.28. The smallest absolute Gasteiger partial charge is 0.338 e. The second-order valence-electron chi connectivity index (χ2n) is 7.36. The summed E-state index contributed by atoms with van der Waals surface area (Å²) in [4.78, 5) is 25.3. The van der Waals surface area contributed by atoms with Gasteiger partial charge in [-0.2, -0.15) is 10.2 Å². The summed E-state index contributed by atoms with van der Waals surface area (Å²) in [5.74, 6) is -1.37. The van der Waals surface area contributed by atoms with Gasteiger partial charge in [-0.15, -0.1) is 0 Å². The fourth-order valence-electron chi connectivity index (χ4n) is 3.43. The number of halogens is 2. The summed E-state index contributed by atoms with van der Waals surface area (Å²) < 4.78 is 29.9. The Hall–Kier alpha value is -2.78. The minimum Gasteiger partial charge on any atom is -0.478 e. The Kier molecular flexibility index (Phi) is 5.76. The van der Waals surface area contributed by atoms with E-state index >= 15 is 0 Å². The molecule has 1 saturated heterocycles. The lowest BCUT2D eigenvalue weighted by atomic mass is 10.0. The zero-order valence-corrected chi connectivity index (χ0v) is 15.8. The third kappa shape index (κ3) is 4.05. The average molecular weight is 395 g/mol. The number of likely N-dealkylation sites (tertiary alicyclic amines) is 1. The molecule has 1 aliphatic rings. The van der Waals surface area contributed by atoms with Crippen LogP contribution >= 0.6 is 0 Å². The molecule has 1 amide bonds. The molecule has 28 heavy (non-hydrogen) atoms. The van der Waals surface area contributed by atoms with Crippen LogP contribution in [0.15, 0.2) is 18.6 Å². The van der Waals surface area contributed by atoms with E-state index < -0.39 is 18.3 Å². The molecular formula is C18H23F2N5O3. The van der Waals surface area contributed by atoms with E-state index in [4.69, 9.17) is 5.11 Å². The van der Waals surface area contributed by atoms with Gasteiger partial charge in [0.2, 0.25) is 0 Å².